The molecule has 1 aliphatic heterocycles. The van der Waals surface area contributed by atoms with Crippen molar-refractivity contribution in [1.29, 1.82) is 0 Å². The molecule has 1 N–H and O–H groups in total. The van der Waals surface area contributed by atoms with E-state index in [0.717, 1.165) is 6.42 Å². The predicted octanol–water partition coefficient (Wildman–Crippen LogP) is -0.209. The number of carbonyl (C=O) groups excluding carboxylic acids is 3. The number of nitrogens with one attached hydrogen (secondary N) is 1. The zero-order valence-electron chi connectivity index (χ0n) is 12.6. The molecule has 0 saturated carbocycles. The van der Waals surface area contributed by atoms with Gasteiger partial charge in [0.25, 0.3) is 0 Å². The highest BCUT2D eigenvalue weighted by Gasteiger charge is 2.34. The average molecular weight is 309 g/mol. The van der Waals surface area contributed by atoms with Gasteiger partial charge in [-0.25, -0.2) is 9.48 Å². The zero-order chi connectivity index (χ0) is 16.1. The van der Waals surface area contributed by atoms with Gasteiger partial charge in [-0.15, -0.1) is 5.10 Å². The molecule has 1 aromatic rings. The molecule has 0 radical (unpaired) electrons. The molecule has 22 heavy (non-hydrogen) atoms. The van der Waals surface area contributed by atoms with Crippen LogP contribution in [0.3, 0.4) is 0 Å². The number of hydrogen-bond donors (Lipinski definition) is 1. The third-order valence-corrected chi connectivity index (χ3v) is 3.47. The first-order valence-corrected chi connectivity index (χ1v) is 7.12. The van der Waals surface area contributed by atoms with E-state index in [0.29, 0.717) is 25.2 Å². The number of esters is 1. The monoisotopic (exact) mass is 309 g/mol. The topological polar surface area (TPSA) is 106 Å². The second-order valence-corrected chi connectivity index (χ2v) is 4.97. The lowest BCUT2D eigenvalue weighted by atomic mass is 10.2. The van der Waals surface area contributed by atoms with Gasteiger partial charge in [-0.1, -0.05) is 12.1 Å². The molecule has 9 nitrogen and oxygen atoms in total. The largest absolute Gasteiger partial charge is 0.467 e. The van der Waals surface area contributed by atoms with Crippen LogP contribution < -0.4 is 5.32 Å². The standard InChI is InChI=1S/C13H19N5O4/c1-3-11(19)14-10-7-17(16-15-10)8-12(20)18-6-4-5-9(18)13(21)22-2/h7,9H,3-6,8H2,1-2H3,(H,14,19). The molecule has 1 fully saturated rings. The van der Waals surface area contributed by atoms with Crippen LogP contribution in [0.2, 0.25) is 0 Å². The van der Waals surface area contributed by atoms with Crippen molar-refractivity contribution in [3.8, 4) is 0 Å². The molecule has 1 aromatic heterocycles. The first-order chi connectivity index (χ1) is 10.5. The Labute approximate surface area is 127 Å². The number of anilines is 1. The number of carbonyl (C=O) groups is 3. The summed E-state index contributed by atoms with van der Waals surface area (Å²) in [5, 5.41) is 10.1. The Morgan fingerprint density at radius 1 is 1.45 bits per heavy atom. The lowest BCUT2D eigenvalue weighted by molar-refractivity contribution is -0.151. The molecular formula is C13H19N5O4. The second-order valence-electron chi connectivity index (χ2n) is 4.97. The summed E-state index contributed by atoms with van der Waals surface area (Å²) in [6.45, 7) is 2.21. The highest BCUT2D eigenvalue weighted by molar-refractivity contribution is 5.89. The second kappa shape index (κ2) is 7.01. The number of likely N-dealkylation sites (tertiary alicyclic amines) is 1. The predicted molar refractivity (Wildman–Crippen MR) is 75.7 cm³/mol. The number of nitrogens with zero attached hydrogens (tertiary/aromatic N) is 4. The molecule has 1 aliphatic rings. The van der Waals surface area contributed by atoms with Crippen molar-refractivity contribution in [2.45, 2.75) is 38.8 Å². The van der Waals surface area contributed by atoms with Crippen LogP contribution in [-0.2, 0) is 25.7 Å². The summed E-state index contributed by atoms with van der Waals surface area (Å²) < 4.78 is 6.04. The van der Waals surface area contributed by atoms with Gasteiger partial charge in [-0.2, -0.15) is 0 Å². The van der Waals surface area contributed by atoms with E-state index in [1.165, 1.54) is 22.9 Å². The summed E-state index contributed by atoms with van der Waals surface area (Å²) in [5.74, 6) is -0.513. The maximum absolute atomic E-state index is 12.3. The van der Waals surface area contributed by atoms with Crippen molar-refractivity contribution in [3.05, 3.63) is 6.20 Å². The van der Waals surface area contributed by atoms with Crippen molar-refractivity contribution in [2.75, 3.05) is 19.0 Å². The molecule has 2 rings (SSSR count). The van der Waals surface area contributed by atoms with Crippen LogP contribution in [0.15, 0.2) is 6.20 Å². The summed E-state index contributed by atoms with van der Waals surface area (Å²) in [6, 6.07) is -0.528. The van der Waals surface area contributed by atoms with Crippen LogP contribution in [0.1, 0.15) is 26.2 Å². The molecule has 0 aromatic carbocycles. The Morgan fingerprint density at radius 2 is 2.23 bits per heavy atom. The molecule has 2 heterocycles. The minimum atomic E-state index is -0.528. The molecule has 0 bridgehead atoms. The first kappa shape index (κ1) is 15.9. The van der Waals surface area contributed by atoms with Gasteiger partial charge in [0.05, 0.1) is 13.3 Å². The maximum atomic E-state index is 12.3. The smallest absolute Gasteiger partial charge is 0.328 e. The molecule has 2 amide bonds. The van der Waals surface area contributed by atoms with Gasteiger partial charge >= 0.3 is 5.97 Å². The zero-order valence-corrected chi connectivity index (χ0v) is 12.6. The lowest BCUT2D eigenvalue weighted by Gasteiger charge is -2.22. The highest BCUT2D eigenvalue weighted by atomic mass is 16.5. The summed E-state index contributed by atoms with van der Waals surface area (Å²) in [7, 11) is 1.31. The van der Waals surface area contributed by atoms with E-state index >= 15 is 0 Å². The van der Waals surface area contributed by atoms with Gasteiger partial charge in [0, 0.05) is 13.0 Å². The van der Waals surface area contributed by atoms with Crippen LogP contribution in [0.25, 0.3) is 0 Å². The van der Waals surface area contributed by atoms with E-state index in [2.05, 4.69) is 15.6 Å². The Hall–Kier alpha value is -2.45. The summed E-state index contributed by atoms with van der Waals surface area (Å²) in [6.07, 6.45) is 3.18. The molecule has 0 spiro atoms. The normalized spacial score (nSPS) is 17.4. The molecule has 1 saturated heterocycles. The molecule has 9 heteroatoms. The Bertz CT molecular complexity index is 571. The third-order valence-electron chi connectivity index (χ3n) is 3.47. The number of amides is 2. The Balaban J connectivity index is 1.97. The van der Waals surface area contributed by atoms with Crippen molar-refractivity contribution < 1.29 is 19.1 Å². The molecule has 0 aliphatic carbocycles. The number of ether oxygens (including phenoxy) is 1. The lowest BCUT2D eigenvalue weighted by Crippen LogP contribution is -2.42. The van der Waals surface area contributed by atoms with Crippen LogP contribution in [0, 0.1) is 0 Å². The van der Waals surface area contributed by atoms with E-state index in [9.17, 15) is 14.4 Å². The number of methoxy groups -OCH3 is 1. The Kier molecular flexibility index (Phi) is 5.08. The minimum Gasteiger partial charge on any atom is -0.467 e. The van der Waals surface area contributed by atoms with Crippen LogP contribution in [0.4, 0.5) is 5.82 Å². The quantitative estimate of drug-likeness (QED) is 0.754. The van der Waals surface area contributed by atoms with Crippen LogP contribution in [0.5, 0.6) is 0 Å². The summed E-state index contributed by atoms with van der Waals surface area (Å²) in [5.41, 5.74) is 0. The fourth-order valence-electron chi connectivity index (χ4n) is 2.34. The van der Waals surface area contributed by atoms with Gasteiger partial charge in [0.15, 0.2) is 5.82 Å². The van der Waals surface area contributed by atoms with Crippen molar-refractivity contribution in [1.82, 2.24) is 19.9 Å². The van der Waals surface area contributed by atoms with Crippen molar-refractivity contribution in [2.24, 2.45) is 0 Å². The van der Waals surface area contributed by atoms with Gasteiger partial charge in [-0.05, 0) is 12.8 Å². The number of rotatable bonds is 5. The maximum Gasteiger partial charge on any atom is 0.328 e. The van der Waals surface area contributed by atoms with Crippen LogP contribution >= 0.6 is 0 Å². The van der Waals surface area contributed by atoms with E-state index in [1.54, 1.807) is 6.92 Å². The van der Waals surface area contributed by atoms with Gasteiger partial charge in [0.2, 0.25) is 11.8 Å². The van der Waals surface area contributed by atoms with Crippen LogP contribution in [-0.4, -0.2) is 57.4 Å². The Morgan fingerprint density at radius 3 is 2.91 bits per heavy atom. The molecule has 120 valence electrons. The molecule has 1 atom stereocenters. The van der Waals surface area contributed by atoms with E-state index < -0.39 is 12.0 Å². The van der Waals surface area contributed by atoms with Crippen molar-refractivity contribution >= 4 is 23.6 Å². The van der Waals surface area contributed by atoms with Gasteiger partial charge < -0.3 is 15.0 Å². The van der Waals surface area contributed by atoms with Crippen molar-refractivity contribution in [3.63, 3.8) is 0 Å². The fraction of sp³-hybridized carbons (Fsp3) is 0.615. The number of aromatic nitrogens is 3. The van der Waals surface area contributed by atoms with E-state index in [-0.39, 0.29) is 18.4 Å². The third kappa shape index (κ3) is 3.60. The fourth-order valence-corrected chi connectivity index (χ4v) is 2.34. The highest BCUT2D eigenvalue weighted by Crippen LogP contribution is 2.19. The van der Waals surface area contributed by atoms with Gasteiger partial charge in [0.1, 0.15) is 12.6 Å². The molecule has 1 unspecified atom stereocenters. The minimum absolute atomic E-state index is 0.0392. The summed E-state index contributed by atoms with van der Waals surface area (Å²) in [4.78, 5) is 36.7. The first-order valence-electron chi connectivity index (χ1n) is 7.12. The summed E-state index contributed by atoms with van der Waals surface area (Å²) >= 11 is 0. The van der Waals surface area contributed by atoms with E-state index in [4.69, 9.17) is 4.74 Å². The average Bonchev–Trinajstić information content (AvgIpc) is 3.15. The number of hydrogen-bond acceptors (Lipinski definition) is 6. The van der Waals surface area contributed by atoms with Gasteiger partial charge in [-0.3, -0.25) is 9.59 Å². The molecular weight excluding hydrogens is 290 g/mol. The van der Waals surface area contributed by atoms with E-state index in [1.807, 2.05) is 0 Å². The SMILES string of the molecule is CCC(=O)Nc1cn(CC(=O)N2CCCC2C(=O)OC)nn1.